The fourth-order valence-electron chi connectivity index (χ4n) is 0.507. The van der Waals surface area contributed by atoms with Gasteiger partial charge in [0.25, 0.3) is 0 Å². The summed E-state index contributed by atoms with van der Waals surface area (Å²) in [5, 5.41) is 9.00. The third kappa shape index (κ3) is 4.45. The molecule has 0 fully saturated rings. The van der Waals surface area contributed by atoms with Crippen molar-refractivity contribution in [1.82, 2.24) is 0 Å². The number of aliphatic imine (C=N–C) groups is 1. The minimum atomic E-state index is 0.0431. The summed E-state index contributed by atoms with van der Waals surface area (Å²) < 4.78 is 0. The van der Waals surface area contributed by atoms with Crippen molar-refractivity contribution in [2.24, 2.45) is 37.8 Å². The number of hydrogen-bond acceptors (Lipinski definition) is 6. The number of nitrogens with two attached hydrogens (primary N) is 3. The Hall–Kier alpha value is -1.99. The highest BCUT2D eigenvalue weighted by Crippen LogP contribution is 1.91. The molecule has 0 aromatic rings. The maximum Gasteiger partial charge on any atom is 0.196 e. The van der Waals surface area contributed by atoms with E-state index in [9.17, 15) is 4.91 Å². The fourth-order valence-corrected chi connectivity index (χ4v) is 0.507. The van der Waals surface area contributed by atoms with Crippen LogP contribution in [0.5, 0.6) is 0 Å². The summed E-state index contributed by atoms with van der Waals surface area (Å²) in [6, 6.07) is 0. The van der Waals surface area contributed by atoms with Gasteiger partial charge in [0, 0.05) is 6.20 Å². The second kappa shape index (κ2) is 6.70. The molecule has 0 aromatic carbocycles. The van der Waals surface area contributed by atoms with Crippen LogP contribution in [0.25, 0.3) is 0 Å². The van der Waals surface area contributed by atoms with Crippen molar-refractivity contribution in [3.05, 3.63) is 16.8 Å². The van der Waals surface area contributed by atoms with Gasteiger partial charge in [-0.25, -0.2) is 0 Å². The van der Waals surface area contributed by atoms with E-state index in [4.69, 9.17) is 17.3 Å². The van der Waals surface area contributed by atoms with Gasteiger partial charge in [0.1, 0.15) is 6.54 Å². The Morgan fingerprint density at radius 2 is 2.08 bits per heavy atom. The molecule has 0 aliphatic rings. The summed E-state index contributed by atoms with van der Waals surface area (Å²) >= 11 is 0. The molecule has 0 heterocycles. The predicted molar refractivity (Wildman–Crippen MR) is 48.5 cm³/mol. The Kier molecular flexibility index (Phi) is 5.68. The SMILES string of the molecule is NC=C(N)C(N=NN)=NCCN=O. The van der Waals surface area contributed by atoms with Crippen LogP contribution in [0.15, 0.2) is 32.4 Å². The molecule has 0 unspecified atom stereocenters. The number of rotatable bonds is 4. The summed E-state index contributed by atoms with van der Waals surface area (Å²) in [7, 11) is 0. The van der Waals surface area contributed by atoms with E-state index in [0.717, 1.165) is 6.20 Å². The average Bonchev–Trinajstić information content (AvgIpc) is 2.16. The molecule has 8 heteroatoms. The smallest absolute Gasteiger partial charge is 0.196 e. The monoisotopic (exact) mass is 185 g/mol. The van der Waals surface area contributed by atoms with Gasteiger partial charge in [0.15, 0.2) is 5.84 Å². The lowest BCUT2D eigenvalue weighted by atomic mass is 10.4. The zero-order valence-electron chi connectivity index (χ0n) is 6.92. The maximum absolute atomic E-state index is 9.72. The van der Waals surface area contributed by atoms with Crippen LogP contribution in [0.3, 0.4) is 0 Å². The van der Waals surface area contributed by atoms with Crippen molar-refractivity contribution in [3.63, 3.8) is 0 Å². The van der Waals surface area contributed by atoms with Crippen LogP contribution >= 0.6 is 0 Å². The summed E-state index contributed by atoms with van der Waals surface area (Å²) in [5.74, 6) is 4.89. The zero-order valence-corrected chi connectivity index (χ0v) is 6.92. The first-order valence-electron chi connectivity index (χ1n) is 3.38. The molecule has 0 spiro atoms. The molecule has 0 aliphatic carbocycles. The standard InChI is InChI=1S/C5H11N7O/c6-3-4(7)5(11-12-8)9-1-2-10-13/h3H,1-2,6-7H2,(H2,8,9,11). The Morgan fingerprint density at radius 1 is 1.38 bits per heavy atom. The number of nitroso groups, excluding NO2 is 1. The van der Waals surface area contributed by atoms with Crippen molar-refractivity contribution in [3.8, 4) is 0 Å². The average molecular weight is 185 g/mol. The van der Waals surface area contributed by atoms with Crippen molar-refractivity contribution in [1.29, 1.82) is 0 Å². The number of nitrogens with zero attached hydrogens (tertiary/aromatic N) is 4. The lowest BCUT2D eigenvalue weighted by molar-refractivity contribution is 0.955. The predicted octanol–water partition coefficient (Wildman–Crippen LogP) is -0.764. The molecule has 0 atom stereocenters. The Labute approximate surface area is 74.5 Å². The molecule has 13 heavy (non-hydrogen) atoms. The van der Waals surface area contributed by atoms with Gasteiger partial charge in [-0.2, -0.15) is 4.91 Å². The Balaban J connectivity index is 4.40. The van der Waals surface area contributed by atoms with Gasteiger partial charge < -0.3 is 17.3 Å². The summed E-state index contributed by atoms with van der Waals surface area (Å²) in [4.78, 5) is 13.5. The highest BCUT2D eigenvalue weighted by atomic mass is 16.3. The summed E-state index contributed by atoms with van der Waals surface area (Å²) in [6.45, 7) is 0.216. The molecular weight excluding hydrogens is 174 g/mol. The van der Waals surface area contributed by atoms with E-state index in [2.05, 4.69) is 20.5 Å². The van der Waals surface area contributed by atoms with Crippen LogP contribution in [0.1, 0.15) is 0 Å². The number of hydrogen-bond donors (Lipinski definition) is 3. The van der Waals surface area contributed by atoms with Gasteiger partial charge in [0.05, 0.1) is 12.2 Å². The quantitative estimate of drug-likeness (QED) is 0.100. The molecule has 0 aromatic heterocycles. The highest BCUT2D eigenvalue weighted by Gasteiger charge is 1.99. The van der Waals surface area contributed by atoms with Crippen LogP contribution in [0, 0.1) is 4.91 Å². The van der Waals surface area contributed by atoms with E-state index in [0.29, 0.717) is 0 Å². The fraction of sp³-hybridized carbons (Fsp3) is 0.400. The molecule has 0 rings (SSSR count). The third-order valence-electron chi connectivity index (χ3n) is 1.04. The lowest BCUT2D eigenvalue weighted by Crippen LogP contribution is -2.12. The van der Waals surface area contributed by atoms with E-state index in [1.807, 2.05) is 0 Å². The second-order valence-electron chi connectivity index (χ2n) is 1.90. The first kappa shape index (κ1) is 11.0. The van der Waals surface area contributed by atoms with Crippen LogP contribution in [-0.4, -0.2) is 18.9 Å². The first-order chi connectivity index (χ1) is 6.26. The van der Waals surface area contributed by atoms with Gasteiger partial charge in [-0.3, -0.25) is 4.99 Å². The van der Waals surface area contributed by atoms with E-state index in [1.165, 1.54) is 0 Å². The van der Waals surface area contributed by atoms with E-state index in [1.54, 1.807) is 0 Å². The second-order valence-corrected chi connectivity index (χ2v) is 1.90. The van der Waals surface area contributed by atoms with Gasteiger partial charge in [-0.15, -0.1) is 5.11 Å². The normalized spacial score (nSPS) is 13.5. The van der Waals surface area contributed by atoms with Gasteiger partial charge in [-0.05, 0) is 0 Å². The van der Waals surface area contributed by atoms with Gasteiger partial charge in [-0.1, -0.05) is 10.4 Å². The topological polar surface area (TPSA) is 145 Å². The molecule has 0 amide bonds. The number of amidine groups is 1. The molecule has 8 nitrogen and oxygen atoms in total. The molecule has 0 saturated carbocycles. The van der Waals surface area contributed by atoms with Crippen molar-refractivity contribution >= 4 is 5.84 Å². The Morgan fingerprint density at radius 3 is 2.54 bits per heavy atom. The van der Waals surface area contributed by atoms with Crippen molar-refractivity contribution in [2.75, 3.05) is 13.1 Å². The van der Waals surface area contributed by atoms with Gasteiger partial charge in [0.2, 0.25) is 0 Å². The molecule has 72 valence electrons. The van der Waals surface area contributed by atoms with E-state index >= 15 is 0 Å². The highest BCUT2D eigenvalue weighted by molar-refractivity contribution is 5.97. The minimum Gasteiger partial charge on any atom is -0.403 e. The maximum atomic E-state index is 9.72. The summed E-state index contributed by atoms with van der Waals surface area (Å²) in [5.41, 5.74) is 10.6. The van der Waals surface area contributed by atoms with Crippen LogP contribution in [0.4, 0.5) is 0 Å². The Bertz CT molecular complexity index is 243. The molecule has 0 aliphatic heterocycles. The zero-order chi connectivity index (χ0) is 10.1. The molecule has 6 N–H and O–H groups in total. The van der Waals surface area contributed by atoms with Crippen LogP contribution < -0.4 is 17.3 Å². The lowest BCUT2D eigenvalue weighted by Gasteiger charge is -1.96. The molecule has 0 bridgehead atoms. The minimum absolute atomic E-state index is 0.0431. The third-order valence-corrected chi connectivity index (χ3v) is 1.04. The molecular formula is C5H11N7O. The van der Waals surface area contributed by atoms with Gasteiger partial charge >= 0.3 is 0 Å². The van der Waals surface area contributed by atoms with Crippen LogP contribution in [0.2, 0.25) is 0 Å². The van der Waals surface area contributed by atoms with E-state index in [-0.39, 0.29) is 24.6 Å². The molecule has 0 saturated heterocycles. The van der Waals surface area contributed by atoms with Crippen molar-refractivity contribution < 1.29 is 0 Å². The van der Waals surface area contributed by atoms with Crippen molar-refractivity contribution in [2.45, 2.75) is 0 Å². The molecule has 0 radical (unpaired) electrons. The largest absolute Gasteiger partial charge is 0.403 e. The first-order valence-corrected chi connectivity index (χ1v) is 3.38. The van der Waals surface area contributed by atoms with E-state index < -0.39 is 0 Å². The van der Waals surface area contributed by atoms with Crippen LogP contribution in [-0.2, 0) is 0 Å². The summed E-state index contributed by atoms with van der Waals surface area (Å²) in [6.07, 6.45) is 1.11.